The molecule has 0 fully saturated rings. The van der Waals surface area contributed by atoms with Gasteiger partial charge in [-0.2, -0.15) is 0 Å². The first-order valence-corrected chi connectivity index (χ1v) is 8.89. The van der Waals surface area contributed by atoms with Crippen molar-refractivity contribution in [2.75, 3.05) is 12.4 Å². The van der Waals surface area contributed by atoms with Gasteiger partial charge in [0.15, 0.2) is 16.5 Å². The van der Waals surface area contributed by atoms with Gasteiger partial charge in [-0.25, -0.2) is 9.38 Å². The average Bonchev–Trinajstić information content (AvgIpc) is 3.12. The number of rotatable bonds is 3. The van der Waals surface area contributed by atoms with Gasteiger partial charge in [0.05, 0.1) is 22.7 Å². The third-order valence-electron chi connectivity index (χ3n) is 4.06. The number of nitrogens with one attached hydrogen (secondary N) is 1. The standard InChI is InChI=1S/C19H15N3O4S/c1-10(23)20-12-4-5-13-14(9-12)22-18(25)17(27-19(22)21-13)8-11-3-6-15(24)16(7-11)26-2/h3-9,24H,1-2H3,(H,20,23)/b17-8-. The number of anilines is 1. The SMILES string of the molecule is COc1cc(/C=c2\sc3nc4ccc(NC(C)=O)cc4n3c2=O)ccc1O. The van der Waals surface area contributed by atoms with Crippen LogP contribution in [-0.4, -0.2) is 27.5 Å². The van der Waals surface area contributed by atoms with Crippen LogP contribution < -0.4 is 20.1 Å². The number of phenolic OH excluding ortho intramolecular Hbond substituents is 1. The molecule has 1 amide bonds. The minimum Gasteiger partial charge on any atom is -0.504 e. The van der Waals surface area contributed by atoms with E-state index in [4.69, 9.17) is 4.74 Å². The minimum atomic E-state index is -0.190. The number of carbonyl (C=O) groups is 1. The van der Waals surface area contributed by atoms with Gasteiger partial charge in [0.2, 0.25) is 5.91 Å². The van der Waals surface area contributed by atoms with Crippen LogP contribution in [0.25, 0.3) is 22.1 Å². The number of hydrogen-bond acceptors (Lipinski definition) is 6. The smallest absolute Gasteiger partial charge is 0.274 e. The highest BCUT2D eigenvalue weighted by Gasteiger charge is 2.12. The number of benzene rings is 2. The van der Waals surface area contributed by atoms with E-state index >= 15 is 0 Å². The van der Waals surface area contributed by atoms with Crippen LogP contribution in [-0.2, 0) is 4.79 Å². The molecule has 27 heavy (non-hydrogen) atoms. The Balaban J connectivity index is 1.89. The van der Waals surface area contributed by atoms with Gasteiger partial charge in [0, 0.05) is 12.6 Å². The quantitative estimate of drug-likeness (QED) is 0.567. The summed E-state index contributed by atoms with van der Waals surface area (Å²) in [5.74, 6) is 0.190. The summed E-state index contributed by atoms with van der Waals surface area (Å²) in [6.45, 7) is 1.43. The number of carbonyl (C=O) groups excluding carboxylic acids is 1. The summed E-state index contributed by atoms with van der Waals surface area (Å²) in [7, 11) is 1.47. The predicted molar refractivity (Wildman–Crippen MR) is 105 cm³/mol. The lowest BCUT2D eigenvalue weighted by Gasteiger charge is -2.03. The van der Waals surface area contributed by atoms with Crippen molar-refractivity contribution in [2.45, 2.75) is 6.92 Å². The molecule has 4 rings (SSSR count). The Hall–Kier alpha value is -3.39. The van der Waals surface area contributed by atoms with Crippen LogP contribution in [0.1, 0.15) is 12.5 Å². The van der Waals surface area contributed by atoms with Gasteiger partial charge in [0.1, 0.15) is 0 Å². The Morgan fingerprint density at radius 2 is 2.11 bits per heavy atom. The first-order chi connectivity index (χ1) is 13.0. The van der Waals surface area contributed by atoms with E-state index in [1.807, 2.05) is 0 Å². The van der Waals surface area contributed by atoms with E-state index in [1.165, 1.54) is 35.8 Å². The molecule has 0 unspecified atom stereocenters. The highest BCUT2D eigenvalue weighted by atomic mass is 32.1. The Morgan fingerprint density at radius 3 is 2.85 bits per heavy atom. The maximum atomic E-state index is 12.9. The summed E-state index contributed by atoms with van der Waals surface area (Å²) in [5.41, 5.74) is 2.47. The molecule has 7 nitrogen and oxygen atoms in total. The number of aromatic nitrogens is 2. The largest absolute Gasteiger partial charge is 0.504 e. The second-order valence-corrected chi connectivity index (χ2v) is 6.97. The monoisotopic (exact) mass is 381 g/mol. The molecular formula is C19H15N3O4S. The molecule has 2 aromatic heterocycles. The molecule has 0 aliphatic carbocycles. The molecule has 0 bridgehead atoms. The summed E-state index contributed by atoms with van der Waals surface area (Å²) < 4.78 is 7.15. The first-order valence-electron chi connectivity index (χ1n) is 8.07. The molecule has 0 saturated heterocycles. The number of fused-ring (bicyclic) bond motifs is 3. The number of ether oxygens (including phenoxy) is 1. The number of phenols is 1. The van der Waals surface area contributed by atoms with Crippen LogP contribution in [0.3, 0.4) is 0 Å². The van der Waals surface area contributed by atoms with E-state index in [0.717, 1.165) is 5.56 Å². The molecule has 0 atom stereocenters. The molecule has 4 aromatic rings. The maximum absolute atomic E-state index is 12.9. The highest BCUT2D eigenvalue weighted by molar-refractivity contribution is 7.15. The molecule has 0 spiro atoms. The van der Waals surface area contributed by atoms with Crippen LogP contribution in [0.15, 0.2) is 41.2 Å². The topological polar surface area (TPSA) is 92.9 Å². The third-order valence-corrected chi connectivity index (χ3v) is 5.03. The lowest BCUT2D eigenvalue weighted by Crippen LogP contribution is -2.22. The second kappa shape index (κ2) is 6.40. The van der Waals surface area contributed by atoms with Gasteiger partial charge in [-0.3, -0.25) is 9.59 Å². The van der Waals surface area contributed by atoms with E-state index in [1.54, 1.807) is 36.4 Å². The molecule has 2 heterocycles. The zero-order chi connectivity index (χ0) is 19.1. The van der Waals surface area contributed by atoms with Crippen molar-refractivity contribution in [3.05, 3.63) is 56.8 Å². The van der Waals surface area contributed by atoms with Crippen LogP contribution in [0.2, 0.25) is 0 Å². The predicted octanol–water partition coefficient (Wildman–Crippen LogP) is 2.13. The highest BCUT2D eigenvalue weighted by Crippen LogP contribution is 2.26. The van der Waals surface area contributed by atoms with E-state index in [-0.39, 0.29) is 17.2 Å². The second-order valence-electron chi connectivity index (χ2n) is 5.96. The van der Waals surface area contributed by atoms with Gasteiger partial charge in [0.25, 0.3) is 5.56 Å². The zero-order valence-electron chi connectivity index (χ0n) is 14.5. The van der Waals surface area contributed by atoms with Gasteiger partial charge in [-0.1, -0.05) is 17.4 Å². The lowest BCUT2D eigenvalue weighted by molar-refractivity contribution is -0.114. The number of thiazole rings is 1. The Labute approximate surface area is 157 Å². The lowest BCUT2D eigenvalue weighted by atomic mass is 10.2. The van der Waals surface area contributed by atoms with Gasteiger partial charge < -0.3 is 15.2 Å². The third kappa shape index (κ3) is 3.00. The van der Waals surface area contributed by atoms with Gasteiger partial charge >= 0.3 is 0 Å². The van der Waals surface area contributed by atoms with Crippen LogP contribution >= 0.6 is 11.3 Å². The van der Waals surface area contributed by atoms with Crippen molar-refractivity contribution in [2.24, 2.45) is 0 Å². The van der Waals surface area contributed by atoms with Crippen molar-refractivity contribution in [3.63, 3.8) is 0 Å². The number of amides is 1. The normalized spacial score (nSPS) is 12.0. The van der Waals surface area contributed by atoms with Crippen molar-refractivity contribution in [1.82, 2.24) is 9.38 Å². The number of nitrogens with zero attached hydrogens (tertiary/aromatic N) is 2. The van der Waals surface area contributed by atoms with Crippen LogP contribution in [0.5, 0.6) is 11.5 Å². The first kappa shape index (κ1) is 17.0. The molecule has 2 aromatic carbocycles. The number of imidazole rings is 1. The molecule has 0 aliphatic heterocycles. The number of aromatic hydroxyl groups is 1. The number of hydrogen-bond donors (Lipinski definition) is 2. The molecule has 8 heteroatoms. The molecular weight excluding hydrogens is 366 g/mol. The maximum Gasteiger partial charge on any atom is 0.274 e. The van der Waals surface area contributed by atoms with Crippen molar-refractivity contribution in [1.29, 1.82) is 0 Å². The fraction of sp³-hybridized carbons (Fsp3) is 0.105. The molecule has 2 N–H and O–H groups in total. The Morgan fingerprint density at radius 1 is 1.30 bits per heavy atom. The van der Waals surface area contributed by atoms with Crippen molar-refractivity contribution in [3.8, 4) is 11.5 Å². The summed E-state index contributed by atoms with van der Waals surface area (Å²) in [6.07, 6.45) is 1.73. The van der Waals surface area contributed by atoms with Crippen molar-refractivity contribution < 1.29 is 14.6 Å². The minimum absolute atomic E-state index is 0.0366. The Kier molecular flexibility index (Phi) is 4.04. The molecule has 136 valence electrons. The molecule has 0 radical (unpaired) electrons. The average molecular weight is 381 g/mol. The van der Waals surface area contributed by atoms with Crippen molar-refractivity contribution >= 4 is 45.0 Å². The van der Waals surface area contributed by atoms with Gasteiger partial charge in [-0.05, 0) is 42.0 Å². The summed E-state index contributed by atoms with van der Waals surface area (Å²) >= 11 is 1.28. The zero-order valence-corrected chi connectivity index (χ0v) is 15.3. The van der Waals surface area contributed by atoms with E-state index in [2.05, 4.69) is 10.3 Å². The Bertz CT molecular complexity index is 1310. The summed E-state index contributed by atoms with van der Waals surface area (Å²) in [6, 6.07) is 10.1. The van der Waals surface area contributed by atoms with E-state index in [0.29, 0.717) is 32.0 Å². The molecule has 0 saturated carbocycles. The number of methoxy groups -OCH3 is 1. The summed E-state index contributed by atoms with van der Waals surface area (Å²) in [5, 5.41) is 12.4. The fourth-order valence-corrected chi connectivity index (χ4v) is 3.86. The van der Waals surface area contributed by atoms with Crippen LogP contribution in [0, 0.1) is 0 Å². The van der Waals surface area contributed by atoms with Gasteiger partial charge in [-0.15, -0.1) is 0 Å². The molecule has 0 aliphatic rings. The fourth-order valence-electron chi connectivity index (χ4n) is 2.88. The van der Waals surface area contributed by atoms with E-state index in [9.17, 15) is 14.7 Å². The van der Waals surface area contributed by atoms with E-state index < -0.39 is 0 Å². The summed E-state index contributed by atoms with van der Waals surface area (Å²) in [4.78, 5) is 29.2. The van der Waals surface area contributed by atoms with Crippen LogP contribution in [0.4, 0.5) is 5.69 Å².